The minimum atomic E-state index is -0.507. The molecular formula is C13H17NO4. The van der Waals surface area contributed by atoms with E-state index < -0.39 is 10.9 Å². The molecule has 5 heteroatoms. The van der Waals surface area contributed by atoms with Crippen LogP contribution in [0, 0.1) is 15.5 Å². The summed E-state index contributed by atoms with van der Waals surface area (Å²) in [6.07, 6.45) is -0.236. The van der Waals surface area contributed by atoms with Crippen molar-refractivity contribution < 1.29 is 14.5 Å². The van der Waals surface area contributed by atoms with Gasteiger partial charge in [0.15, 0.2) is 0 Å². The first-order valence-corrected chi connectivity index (χ1v) is 5.67. The Morgan fingerprint density at radius 1 is 1.28 bits per heavy atom. The van der Waals surface area contributed by atoms with Crippen molar-refractivity contribution in [2.75, 3.05) is 0 Å². The van der Waals surface area contributed by atoms with Crippen molar-refractivity contribution in [1.82, 2.24) is 0 Å². The Morgan fingerprint density at radius 3 is 2.17 bits per heavy atom. The molecule has 0 amide bonds. The SMILES string of the molecule is C[C@@H](OC(=O)c1ccc([N+](=O)[O-])cc1)C(C)(C)C. The van der Waals surface area contributed by atoms with Crippen molar-refractivity contribution in [2.45, 2.75) is 33.8 Å². The summed E-state index contributed by atoms with van der Waals surface area (Å²) in [7, 11) is 0. The van der Waals surface area contributed by atoms with Gasteiger partial charge in [-0.05, 0) is 24.5 Å². The van der Waals surface area contributed by atoms with E-state index in [0.717, 1.165) is 0 Å². The number of nitro benzene ring substituents is 1. The molecule has 0 aliphatic heterocycles. The van der Waals surface area contributed by atoms with Crippen LogP contribution in [0.5, 0.6) is 0 Å². The molecule has 0 bridgehead atoms. The summed E-state index contributed by atoms with van der Waals surface area (Å²) in [5, 5.41) is 10.5. The van der Waals surface area contributed by atoms with Crippen molar-refractivity contribution >= 4 is 11.7 Å². The van der Waals surface area contributed by atoms with Gasteiger partial charge in [0.25, 0.3) is 5.69 Å². The molecule has 98 valence electrons. The number of rotatable bonds is 3. The van der Waals surface area contributed by atoms with E-state index in [2.05, 4.69) is 0 Å². The van der Waals surface area contributed by atoms with Gasteiger partial charge in [-0.3, -0.25) is 10.1 Å². The predicted molar refractivity (Wildman–Crippen MR) is 67.4 cm³/mol. The second-order valence-corrected chi connectivity index (χ2v) is 5.22. The van der Waals surface area contributed by atoms with Crippen LogP contribution in [0.15, 0.2) is 24.3 Å². The summed E-state index contributed by atoms with van der Waals surface area (Å²) in [4.78, 5) is 21.8. The minimum absolute atomic E-state index is 0.0459. The number of ether oxygens (including phenoxy) is 1. The number of carbonyl (C=O) groups excluding carboxylic acids is 1. The fraction of sp³-hybridized carbons (Fsp3) is 0.462. The Labute approximate surface area is 106 Å². The zero-order valence-electron chi connectivity index (χ0n) is 11.0. The third kappa shape index (κ3) is 3.55. The van der Waals surface area contributed by atoms with Crippen molar-refractivity contribution in [1.29, 1.82) is 0 Å². The maximum Gasteiger partial charge on any atom is 0.338 e. The fourth-order valence-corrected chi connectivity index (χ4v) is 1.12. The smallest absolute Gasteiger partial charge is 0.338 e. The minimum Gasteiger partial charge on any atom is -0.459 e. The van der Waals surface area contributed by atoms with Crippen LogP contribution in [-0.4, -0.2) is 17.0 Å². The van der Waals surface area contributed by atoms with Gasteiger partial charge in [0.2, 0.25) is 0 Å². The van der Waals surface area contributed by atoms with Crippen LogP contribution < -0.4 is 0 Å². The molecule has 0 N–H and O–H groups in total. The van der Waals surface area contributed by atoms with Crippen LogP contribution >= 0.6 is 0 Å². The second kappa shape index (κ2) is 5.16. The molecule has 1 atom stereocenters. The third-order valence-electron chi connectivity index (χ3n) is 2.82. The van der Waals surface area contributed by atoms with Crippen molar-refractivity contribution in [3.63, 3.8) is 0 Å². The van der Waals surface area contributed by atoms with Gasteiger partial charge >= 0.3 is 5.97 Å². The molecule has 0 aromatic heterocycles. The van der Waals surface area contributed by atoms with Crippen molar-refractivity contribution in [3.05, 3.63) is 39.9 Å². The van der Waals surface area contributed by atoms with E-state index in [-0.39, 0.29) is 17.2 Å². The molecule has 0 radical (unpaired) electrons. The summed E-state index contributed by atoms with van der Waals surface area (Å²) in [6.45, 7) is 7.74. The lowest BCUT2D eigenvalue weighted by Gasteiger charge is -2.26. The summed E-state index contributed by atoms with van der Waals surface area (Å²) in [5.41, 5.74) is 0.128. The molecule has 0 fully saturated rings. The van der Waals surface area contributed by atoms with Gasteiger partial charge in [0, 0.05) is 12.1 Å². The van der Waals surface area contributed by atoms with Gasteiger partial charge < -0.3 is 4.74 Å². The molecule has 0 spiro atoms. The molecule has 1 aromatic carbocycles. The lowest BCUT2D eigenvalue weighted by Crippen LogP contribution is -2.28. The summed E-state index contributed by atoms with van der Waals surface area (Å²) in [6, 6.07) is 5.38. The first kappa shape index (κ1) is 14.2. The molecule has 0 aliphatic carbocycles. The highest BCUT2D eigenvalue weighted by molar-refractivity contribution is 5.89. The Kier molecular flexibility index (Phi) is 4.06. The number of hydrogen-bond acceptors (Lipinski definition) is 4. The topological polar surface area (TPSA) is 69.4 Å². The van der Waals surface area contributed by atoms with Crippen LogP contribution in [0.1, 0.15) is 38.1 Å². The fourth-order valence-electron chi connectivity index (χ4n) is 1.12. The monoisotopic (exact) mass is 251 g/mol. The molecule has 1 aromatic rings. The van der Waals surface area contributed by atoms with Crippen molar-refractivity contribution in [3.8, 4) is 0 Å². The molecule has 5 nitrogen and oxygen atoms in total. The average molecular weight is 251 g/mol. The number of hydrogen-bond donors (Lipinski definition) is 0. The lowest BCUT2D eigenvalue weighted by molar-refractivity contribution is -0.384. The van der Waals surface area contributed by atoms with E-state index in [9.17, 15) is 14.9 Å². The molecule has 0 saturated heterocycles. The van der Waals surface area contributed by atoms with E-state index >= 15 is 0 Å². The van der Waals surface area contributed by atoms with Gasteiger partial charge in [-0.1, -0.05) is 20.8 Å². The first-order chi connectivity index (χ1) is 8.21. The Balaban J connectivity index is 2.76. The summed E-state index contributed by atoms with van der Waals surface area (Å²) in [5.74, 6) is -0.465. The quantitative estimate of drug-likeness (QED) is 0.470. The van der Waals surface area contributed by atoms with Crippen molar-refractivity contribution in [2.24, 2.45) is 5.41 Å². The molecule has 0 aliphatic rings. The van der Waals surface area contributed by atoms with Gasteiger partial charge in [-0.15, -0.1) is 0 Å². The van der Waals surface area contributed by atoms with Crippen LogP contribution in [0.2, 0.25) is 0 Å². The number of carbonyl (C=O) groups is 1. The molecule has 0 unspecified atom stereocenters. The summed E-state index contributed by atoms with van der Waals surface area (Å²) >= 11 is 0. The van der Waals surface area contributed by atoms with E-state index in [1.165, 1.54) is 24.3 Å². The van der Waals surface area contributed by atoms with Gasteiger partial charge in [0.05, 0.1) is 10.5 Å². The van der Waals surface area contributed by atoms with Gasteiger partial charge in [-0.2, -0.15) is 0 Å². The Morgan fingerprint density at radius 2 is 1.78 bits per heavy atom. The Hall–Kier alpha value is -1.91. The van der Waals surface area contributed by atoms with Crippen LogP contribution in [0.4, 0.5) is 5.69 Å². The average Bonchev–Trinajstić information content (AvgIpc) is 2.27. The van der Waals surface area contributed by atoms with Crippen LogP contribution in [0.25, 0.3) is 0 Å². The van der Waals surface area contributed by atoms with E-state index in [1.54, 1.807) is 0 Å². The van der Waals surface area contributed by atoms with Gasteiger partial charge in [-0.25, -0.2) is 4.79 Å². The molecule has 18 heavy (non-hydrogen) atoms. The number of esters is 1. The van der Waals surface area contributed by atoms with E-state index in [1.807, 2.05) is 27.7 Å². The number of non-ortho nitro benzene ring substituents is 1. The summed E-state index contributed by atoms with van der Waals surface area (Å²) < 4.78 is 5.29. The van der Waals surface area contributed by atoms with Crippen LogP contribution in [0.3, 0.4) is 0 Å². The number of nitro groups is 1. The Bertz CT molecular complexity index is 445. The molecule has 0 heterocycles. The highest BCUT2D eigenvalue weighted by Gasteiger charge is 2.24. The highest BCUT2D eigenvalue weighted by atomic mass is 16.6. The maximum absolute atomic E-state index is 11.8. The normalized spacial score (nSPS) is 12.9. The maximum atomic E-state index is 11.8. The number of nitrogens with zero attached hydrogens (tertiary/aromatic N) is 1. The van der Waals surface area contributed by atoms with E-state index in [0.29, 0.717) is 5.56 Å². The van der Waals surface area contributed by atoms with E-state index in [4.69, 9.17) is 4.74 Å². The lowest BCUT2D eigenvalue weighted by atomic mass is 9.90. The predicted octanol–water partition coefficient (Wildman–Crippen LogP) is 3.19. The van der Waals surface area contributed by atoms with Crippen LogP contribution in [-0.2, 0) is 4.74 Å². The van der Waals surface area contributed by atoms with Gasteiger partial charge in [0.1, 0.15) is 6.10 Å². The zero-order chi connectivity index (χ0) is 13.9. The first-order valence-electron chi connectivity index (χ1n) is 5.67. The zero-order valence-corrected chi connectivity index (χ0v) is 11.0. The molecule has 1 rings (SSSR count). The molecule has 0 saturated carbocycles. The highest BCUT2D eigenvalue weighted by Crippen LogP contribution is 2.23. The molecular weight excluding hydrogens is 234 g/mol. The largest absolute Gasteiger partial charge is 0.459 e. The third-order valence-corrected chi connectivity index (χ3v) is 2.82. The number of benzene rings is 1. The second-order valence-electron chi connectivity index (χ2n) is 5.22. The standard InChI is InChI=1S/C13H17NO4/c1-9(13(2,3)4)18-12(15)10-5-7-11(8-6-10)14(16)17/h5-9H,1-4H3/t9-/m1/s1.